The lowest BCUT2D eigenvalue weighted by Crippen LogP contribution is -2.48. The molecular weight excluding hydrogens is 576 g/mol. The maximum absolute atomic E-state index is 10.5. The molecule has 4 saturated carbocycles. The van der Waals surface area contributed by atoms with Gasteiger partial charge in [-0.1, -0.05) is 39.8 Å². The number of phenolic OH excluding ortho intramolecular Hbond substituents is 2. The van der Waals surface area contributed by atoms with E-state index in [1.54, 1.807) is 12.1 Å². The molecule has 0 saturated heterocycles. The van der Waals surface area contributed by atoms with Gasteiger partial charge in [0.15, 0.2) is 0 Å². The van der Waals surface area contributed by atoms with Crippen molar-refractivity contribution in [1.29, 1.82) is 0 Å². The topological polar surface area (TPSA) is 121 Å². The molecule has 6 aliphatic rings. The Kier molecular flexibility index (Phi) is 7.91. The first-order chi connectivity index (χ1) is 21.8. The number of aliphatic hydroxyl groups excluding tert-OH is 4. The van der Waals surface area contributed by atoms with Crippen LogP contribution >= 0.6 is 0 Å². The summed E-state index contributed by atoms with van der Waals surface area (Å²) in [5, 5.41) is 61.1. The van der Waals surface area contributed by atoms with E-state index in [0.717, 1.165) is 75.3 Å². The summed E-state index contributed by atoms with van der Waals surface area (Å²) in [6.07, 6.45) is 9.99. The quantitative estimate of drug-likeness (QED) is 0.221. The lowest BCUT2D eigenvalue weighted by Gasteiger charge is -2.53. The zero-order valence-electron chi connectivity index (χ0n) is 28.3. The SMILES string of the molecule is C[C@@]1(CO)C[C@@H]2[C@H](CC[C@]3(C)[C@@H](O)CC[C@@H]23)c2ccc(O)cc21.C[C@]1(CO)C[C@@H]2[C@H](CC[C@]3(C)[C@@H](O)CC[C@@H]23)c2ccc(O)cc21. The second-order valence-corrected chi connectivity index (χ2v) is 17.4. The number of hydrogen-bond acceptors (Lipinski definition) is 6. The summed E-state index contributed by atoms with van der Waals surface area (Å²) < 4.78 is 0. The van der Waals surface area contributed by atoms with Gasteiger partial charge >= 0.3 is 0 Å². The maximum atomic E-state index is 10.5. The first kappa shape index (κ1) is 32.4. The fraction of sp³-hybridized carbons (Fsp3) is 0.700. The van der Waals surface area contributed by atoms with Crippen molar-refractivity contribution in [3.05, 3.63) is 58.7 Å². The highest BCUT2D eigenvalue weighted by molar-refractivity contribution is 5.46. The van der Waals surface area contributed by atoms with E-state index < -0.39 is 0 Å². The Morgan fingerprint density at radius 1 is 0.587 bits per heavy atom. The van der Waals surface area contributed by atoms with Gasteiger partial charge in [-0.2, -0.15) is 0 Å². The normalized spacial score (nSPS) is 45.2. The van der Waals surface area contributed by atoms with Crippen LogP contribution in [0.3, 0.4) is 0 Å². The van der Waals surface area contributed by atoms with Crippen molar-refractivity contribution >= 4 is 0 Å². The standard InChI is InChI=1S/2C20H28O3/c2*1-19(11-21)10-15-13(14-4-3-12(22)9-17(14)19)7-8-20(2)16(15)5-6-18(20)23/h2*3-4,9,13,15-16,18,21-23H,5-8,10-11H2,1-2H3/t13-,15-,16+,18+,19+,20+;13-,15-,16+,18+,19-,20+/m11/s1. The van der Waals surface area contributed by atoms with Crippen LogP contribution in [0.5, 0.6) is 11.5 Å². The van der Waals surface area contributed by atoms with Crippen molar-refractivity contribution in [1.82, 2.24) is 0 Å². The van der Waals surface area contributed by atoms with Gasteiger partial charge in [-0.25, -0.2) is 0 Å². The summed E-state index contributed by atoms with van der Waals surface area (Å²) in [4.78, 5) is 0. The molecule has 0 spiro atoms. The van der Waals surface area contributed by atoms with E-state index in [-0.39, 0.29) is 47.1 Å². The molecule has 0 aromatic heterocycles. The molecule has 6 nitrogen and oxygen atoms in total. The Bertz CT molecular complexity index is 1360. The van der Waals surface area contributed by atoms with E-state index in [1.165, 1.54) is 11.1 Å². The number of rotatable bonds is 2. The lowest BCUT2D eigenvalue weighted by atomic mass is 9.51. The van der Waals surface area contributed by atoms with Gasteiger partial charge in [0, 0.05) is 10.8 Å². The molecule has 46 heavy (non-hydrogen) atoms. The van der Waals surface area contributed by atoms with Crippen LogP contribution in [0.1, 0.15) is 126 Å². The predicted octanol–water partition coefficient (Wildman–Crippen LogP) is 6.63. The van der Waals surface area contributed by atoms with Gasteiger partial charge in [0.05, 0.1) is 25.4 Å². The van der Waals surface area contributed by atoms with Crippen LogP contribution in [0.25, 0.3) is 0 Å². The third kappa shape index (κ3) is 4.71. The van der Waals surface area contributed by atoms with Crippen molar-refractivity contribution in [3.8, 4) is 11.5 Å². The molecule has 0 aliphatic heterocycles. The van der Waals surface area contributed by atoms with E-state index in [9.17, 15) is 30.6 Å². The largest absolute Gasteiger partial charge is 0.508 e. The summed E-state index contributed by atoms with van der Waals surface area (Å²) >= 11 is 0. The Labute approximate surface area is 274 Å². The first-order valence-corrected chi connectivity index (χ1v) is 18.0. The van der Waals surface area contributed by atoms with Gasteiger partial charge in [-0.15, -0.1) is 0 Å². The molecule has 252 valence electrons. The van der Waals surface area contributed by atoms with Crippen molar-refractivity contribution < 1.29 is 30.6 Å². The van der Waals surface area contributed by atoms with Crippen LogP contribution < -0.4 is 0 Å². The van der Waals surface area contributed by atoms with Crippen LogP contribution in [-0.2, 0) is 10.8 Å². The molecule has 6 N–H and O–H groups in total. The second kappa shape index (κ2) is 11.2. The molecule has 0 amide bonds. The fourth-order valence-corrected chi connectivity index (χ4v) is 12.2. The average molecular weight is 633 g/mol. The molecule has 2 aromatic rings. The van der Waals surface area contributed by atoms with Crippen molar-refractivity contribution in [2.45, 2.75) is 127 Å². The second-order valence-electron chi connectivity index (χ2n) is 17.4. The predicted molar refractivity (Wildman–Crippen MR) is 179 cm³/mol. The van der Waals surface area contributed by atoms with Crippen molar-refractivity contribution in [2.75, 3.05) is 13.2 Å². The highest BCUT2D eigenvalue weighted by Gasteiger charge is 2.58. The highest BCUT2D eigenvalue weighted by Crippen LogP contribution is 2.65. The summed E-state index contributed by atoms with van der Waals surface area (Å²) in [5.74, 6) is 3.74. The molecule has 6 aliphatic carbocycles. The average Bonchev–Trinajstić information content (AvgIpc) is 3.52. The Balaban J connectivity index is 0.000000147. The van der Waals surface area contributed by atoms with Crippen LogP contribution in [0, 0.1) is 34.5 Å². The molecule has 6 heteroatoms. The molecule has 8 rings (SSSR count). The molecule has 12 atom stereocenters. The minimum atomic E-state index is -0.291. The third-order valence-corrected chi connectivity index (χ3v) is 15.0. The van der Waals surface area contributed by atoms with Crippen molar-refractivity contribution in [2.24, 2.45) is 34.5 Å². The minimum absolute atomic E-state index is 0.0476. The van der Waals surface area contributed by atoms with Crippen LogP contribution in [0.2, 0.25) is 0 Å². The number of benzene rings is 2. The molecule has 2 aromatic carbocycles. The number of phenols is 2. The third-order valence-electron chi connectivity index (χ3n) is 15.0. The van der Waals surface area contributed by atoms with E-state index in [4.69, 9.17) is 0 Å². The minimum Gasteiger partial charge on any atom is -0.508 e. The smallest absolute Gasteiger partial charge is 0.115 e. The molecular formula is C40H56O6. The fourth-order valence-electron chi connectivity index (χ4n) is 12.2. The van der Waals surface area contributed by atoms with E-state index in [2.05, 4.69) is 39.8 Å². The van der Waals surface area contributed by atoms with Gasteiger partial charge < -0.3 is 30.6 Å². The van der Waals surface area contributed by atoms with Gasteiger partial charge in [0.2, 0.25) is 0 Å². The highest BCUT2D eigenvalue weighted by atomic mass is 16.3. The molecule has 0 bridgehead atoms. The zero-order chi connectivity index (χ0) is 32.8. The van der Waals surface area contributed by atoms with Gasteiger partial charge in [-0.05, 0) is 157 Å². The first-order valence-electron chi connectivity index (χ1n) is 18.0. The number of fused-ring (bicyclic) bond motifs is 10. The van der Waals surface area contributed by atoms with Crippen molar-refractivity contribution in [3.63, 3.8) is 0 Å². The monoisotopic (exact) mass is 632 g/mol. The summed E-state index contributed by atoms with van der Waals surface area (Å²) in [6.45, 7) is 9.01. The Hall–Kier alpha value is -2.12. The lowest BCUT2D eigenvalue weighted by molar-refractivity contribution is -0.0329. The van der Waals surface area contributed by atoms with Crippen LogP contribution in [0.15, 0.2) is 36.4 Å². The van der Waals surface area contributed by atoms with Gasteiger partial charge in [0.25, 0.3) is 0 Å². The number of aromatic hydroxyl groups is 2. The summed E-state index contributed by atoms with van der Waals surface area (Å²) in [6, 6.07) is 11.4. The Morgan fingerprint density at radius 2 is 0.978 bits per heavy atom. The van der Waals surface area contributed by atoms with E-state index in [0.29, 0.717) is 47.0 Å². The van der Waals surface area contributed by atoms with E-state index >= 15 is 0 Å². The molecule has 4 fully saturated rings. The molecule has 0 radical (unpaired) electrons. The number of aliphatic hydroxyl groups is 4. The molecule has 0 heterocycles. The number of hydrogen-bond donors (Lipinski definition) is 6. The van der Waals surface area contributed by atoms with Gasteiger partial charge in [0.1, 0.15) is 11.5 Å². The van der Waals surface area contributed by atoms with Crippen LogP contribution in [-0.4, -0.2) is 56.1 Å². The summed E-state index contributed by atoms with van der Waals surface area (Å²) in [7, 11) is 0. The molecule has 0 unspecified atom stereocenters. The van der Waals surface area contributed by atoms with Crippen LogP contribution in [0.4, 0.5) is 0 Å². The zero-order valence-corrected chi connectivity index (χ0v) is 28.3. The van der Waals surface area contributed by atoms with E-state index in [1.807, 2.05) is 12.1 Å². The summed E-state index contributed by atoms with van der Waals surface area (Å²) in [5.41, 5.74) is 4.41. The Morgan fingerprint density at radius 3 is 1.35 bits per heavy atom. The maximum Gasteiger partial charge on any atom is 0.115 e. The van der Waals surface area contributed by atoms with Gasteiger partial charge in [-0.3, -0.25) is 0 Å².